The molecular formula is C21H19NO3S. The molecule has 0 spiro atoms. The van der Waals surface area contributed by atoms with Crippen LogP contribution in [-0.4, -0.2) is 24.0 Å². The summed E-state index contributed by atoms with van der Waals surface area (Å²) in [4.78, 5) is 26.8. The number of amides is 1. The van der Waals surface area contributed by atoms with E-state index in [1.54, 1.807) is 25.2 Å². The lowest BCUT2D eigenvalue weighted by atomic mass is 10.1. The minimum absolute atomic E-state index is 0.156. The number of carbonyl (C=O) groups excluding carboxylic acids is 1. The number of hydrogen-bond acceptors (Lipinski definition) is 3. The third-order valence-electron chi connectivity index (χ3n) is 4.21. The van der Waals surface area contributed by atoms with Gasteiger partial charge in [-0.3, -0.25) is 4.79 Å². The second-order valence-electron chi connectivity index (χ2n) is 6.23. The maximum absolute atomic E-state index is 12.8. The molecule has 5 heteroatoms. The molecule has 1 N–H and O–H groups in total. The Kier molecular flexibility index (Phi) is 4.91. The molecule has 26 heavy (non-hydrogen) atoms. The summed E-state index contributed by atoms with van der Waals surface area (Å²) < 4.78 is 0. The minimum atomic E-state index is -1.04. The Balaban J connectivity index is 2.00. The number of aryl methyl sites for hydroxylation is 2. The highest BCUT2D eigenvalue weighted by atomic mass is 32.1. The number of hydrogen-bond donors (Lipinski definition) is 1. The molecule has 0 saturated heterocycles. The molecule has 0 radical (unpaired) electrons. The van der Waals surface area contributed by atoms with Crippen molar-refractivity contribution in [1.82, 2.24) is 0 Å². The summed E-state index contributed by atoms with van der Waals surface area (Å²) in [6.07, 6.45) is 0. The van der Waals surface area contributed by atoms with Crippen LogP contribution in [0.25, 0.3) is 10.4 Å². The van der Waals surface area contributed by atoms with Crippen LogP contribution in [0, 0.1) is 13.8 Å². The summed E-state index contributed by atoms with van der Waals surface area (Å²) >= 11 is 1.18. The number of aromatic carboxylic acids is 1. The average Bonchev–Trinajstić information content (AvgIpc) is 3.07. The van der Waals surface area contributed by atoms with Gasteiger partial charge in [-0.05, 0) is 37.6 Å². The van der Waals surface area contributed by atoms with Crippen molar-refractivity contribution in [2.24, 2.45) is 0 Å². The molecule has 0 aliphatic heterocycles. The number of carbonyl (C=O) groups is 2. The van der Waals surface area contributed by atoms with Crippen LogP contribution >= 0.6 is 11.3 Å². The Morgan fingerprint density at radius 3 is 2.00 bits per heavy atom. The van der Waals surface area contributed by atoms with E-state index in [9.17, 15) is 14.7 Å². The molecule has 0 bridgehead atoms. The first-order valence-electron chi connectivity index (χ1n) is 8.15. The molecule has 1 heterocycles. The zero-order valence-corrected chi connectivity index (χ0v) is 15.6. The molecule has 3 rings (SSSR count). The van der Waals surface area contributed by atoms with E-state index in [2.05, 4.69) is 0 Å². The summed E-state index contributed by atoms with van der Waals surface area (Å²) in [6.45, 7) is 3.95. The number of carboxylic acids is 1. The van der Waals surface area contributed by atoms with Crippen molar-refractivity contribution in [2.75, 3.05) is 11.9 Å². The lowest BCUT2D eigenvalue weighted by Crippen LogP contribution is -2.27. The molecule has 0 aliphatic rings. The predicted octanol–water partition coefficient (Wildman–Crippen LogP) is 5.01. The van der Waals surface area contributed by atoms with E-state index in [1.807, 2.05) is 50.2 Å². The molecule has 0 unspecified atom stereocenters. The van der Waals surface area contributed by atoms with Crippen LogP contribution in [0.4, 0.5) is 5.69 Å². The van der Waals surface area contributed by atoms with Gasteiger partial charge in [-0.15, -0.1) is 11.3 Å². The Morgan fingerprint density at radius 1 is 0.923 bits per heavy atom. The van der Waals surface area contributed by atoms with Gasteiger partial charge in [0.15, 0.2) is 0 Å². The molecule has 0 fully saturated rings. The largest absolute Gasteiger partial charge is 0.477 e. The van der Waals surface area contributed by atoms with Crippen molar-refractivity contribution in [1.29, 1.82) is 0 Å². The zero-order valence-electron chi connectivity index (χ0n) is 14.8. The normalized spacial score (nSPS) is 10.6. The molecule has 4 nitrogen and oxygen atoms in total. The first kappa shape index (κ1) is 17.9. The Hall–Kier alpha value is -2.92. The smallest absolute Gasteiger partial charge is 0.348 e. The van der Waals surface area contributed by atoms with E-state index in [0.29, 0.717) is 11.3 Å². The van der Waals surface area contributed by atoms with Gasteiger partial charge < -0.3 is 10.0 Å². The summed E-state index contributed by atoms with van der Waals surface area (Å²) in [5, 5.41) is 9.58. The van der Waals surface area contributed by atoms with Gasteiger partial charge in [0.2, 0.25) is 0 Å². The van der Waals surface area contributed by atoms with Crippen LogP contribution in [0.1, 0.15) is 31.2 Å². The van der Waals surface area contributed by atoms with E-state index in [-0.39, 0.29) is 10.8 Å². The fourth-order valence-corrected chi connectivity index (χ4v) is 3.68. The van der Waals surface area contributed by atoms with Crippen LogP contribution in [0.15, 0.2) is 54.6 Å². The van der Waals surface area contributed by atoms with E-state index < -0.39 is 5.97 Å². The standard InChI is InChI=1S/C21H19NO3S/c1-13-4-8-15(9-5-13)18-12-17(19(26-18)21(24)25)22(3)20(23)16-10-6-14(2)7-11-16/h4-12H,1-3H3,(H,24,25). The highest BCUT2D eigenvalue weighted by molar-refractivity contribution is 7.18. The van der Waals surface area contributed by atoms with Gasteiger partial charge in [-0.2, -0.15) is 0 Å². The van der Waals surface area contributed by atoms with Crippen LogP contribution in [0.5, 0.6) is 0 Å². The first-order valence-corrected chi connectivity index (χ1v) is 8.97. The van der Waals surface area contributed by atoms with Crippen molar-refractivity contribution >= 4 is 28.9 Å². The first-order chi connectivity index (χ1) is 12.4. The van der Waals surface area contributed by atoms with Gasteiger partial charge in [0.1, 0.15) is 4.88 Å². The zero-order chi connectivity index (χ0) is 18.8. The predicted molar refractivity (Wildman–Crippen MR) is 105 cm³/mol. The van der Waals surface area contributed by atoms with E-state index in [0.717, 1.165) is 21.6 Å². The van der Waals surface area contributed by atoms with Gasteiger partial charge in [-0.25, -0.2) is 4.79 Å². The van der Waals surface area contributed by atoms with Crippen molar-refractivity contribution < 1.29 is 14.7 Å². The lowest BCUT2D eigenvalue weighted by molar-refractivity contribution is 0.0703. The topological polar surface area (TPSA) is 57.6 Å². The van der Waals surface area contributed by atoms with Gasteiger partial charge in [-0.1, -0.05) is 47.5 Å². The van der Waals surface area contributed by atoms with Gasteiger partial charge in [0.05, 0.1) is 5.69 Å². The Labute approximate surface area is 156 Å². The monoisotopic (exact) mass is 365 g/mol. The van der Waals surface area contributed by atoms with Crippen molar-refractivity contribution in [3.05, 3.63) is 76.2 Å². The van der Waals surface area contributed by atoms with Crippen molar-refractivity contribution in [3.8, 4) is 10.4 Å². The third kappa shape index (κ3) is 3.53. The molecule has 1 amide bonds. The molecule has 0 saturated carbocycles. The number of anilines is 1. The second-order valence-corrected chi connectivity index (χ2v) is 7.28. The van der Waals surface area contributed by atoms with Crippen LogP contribution in [0.3, 0.4) is 0 Å². The van der Waals surface area contributed by atoms with Crippen LogP contribution in [-0.2, 0) is 0 Å². The molecule has 1 aromatic heterocycles. The fourth-order valence-electron chi connectivity index (χ4n) is 2.64. The van der Waals surface area contributed by atoms with Crippen LogP contribution in [0.2, 0.25) is 0 Å². The molecule has 132 valence electrons. The maximum atomic E-state index is 12.8. The van der Waals surface area contributed by atoms with E-state index >= 15 is 0 Å². The van der Waals surface area contributed by atoms with Gasteiger partial charge in [0.25, 0.3) is 5.91 Å². The fraction of sp³-hybridized carbons (Fsp3) is 0.143. The number of carboxylic acid groups (broad SMARTS) is 1. The quantitative estimate of drug-likeness (QED) is 0.707. The van der Waals surface area contributed by atoms with Crippen molar-refractivity contribution in [2.45, 2.75) is 13.8 Å². The van der Waals surface area contributed by atoms with Crippen LogP contribution < -0.4 is 4.90 Å². The summed E-state index contributed by atoms with van der Waals surface area (Å²) in [6, 6.07) is 16.9. The molecule has 2 aromatic carbocycles. The number of rotatable bonds is 4. The Morgan fingerprint density at radius 2 is 1.46 bits per heavy atom. The van der Waals surface area contributed by atoms with Gasteiger partial charge in [0, 0.05) is 17.5 Å². The summed E-state index contributed by atoms with van der Waals surface area (Å²) in [5.41, 5.74) is 4.06. The lowest BCUT2D eigenvalue weighted by Gasteiger charge is -2.17. The maximum Gasteiger partial charge on any atom is 0.348 e. The molecule has 0 aliphatic carbocycles. The summed E-state index contributed by atoms with van der Waals surface area (Å²) in [5.74, 6) is -1.27. The van der Waals surface area contributed by atoms with E-state index in [1.165, 1.54) is 16.2 Å². The second kappa shape index (κ2) is 7.14. The highest BCUT2D eigenvalue weighted by Crippen LogP contribution is 2.37. The number of benzene rings is 2. The van der Waals surface area contributed by atoms with E-state index in [4.69, 9.17) is 0 Å². The summed E-state index contributed by atoms with van der Waals surface area (Å²) in [7, 11) is 1.61. The third-order valence-corrected chi connectivity index (χ3v) is 5.37. The van der Waals surface area contributed by atoms with Gasteiger partial charge >= 0.3 is 5.97 Å². The number of thiophene rings is 1. The Bertz CT molecular complexity index is 956. The van der Waals surface area contributed by atoms with Crippen molar-refractivity contribution in [3.63, 3.8) is 0 Å². The average molecular weight is 365 g/mol. The number of nitrogens with zero attached hydrogens (tertiary/aromatic N) is 1. The molecule has 3 aromatic rings. The molecular weight excluding hydrogens is 346 g/mol. The molecule has 0 atom stereocenters. The highest BCUT2D eigenvalue weighted by Gasteiger charge is 2.23. The minimum Gasteiger partial charge on any atom is -0.477 e. The SMILES string of the molecule is Cc1ccc(C(=O)N(C)c2cc(-c3ccc(C)cc3)sc2C(=O)O)cc1.